The molecule has 41 heavy (non-hydrogen) atoms. The minimum absolute atomic E-state index is 0.0491. The molecule has 2 amide bonds. The molecule has 1 fully saturated rings. The maximum atomic E-state index is 14.1. The molecule has 2 aliphatic rings. The Hall–Kier alpha value is -2.69. The summed E-state index contributed by atoms with van der Waals surface area (Å²) in [4.78, 5) is 29.0. The monoisotopic (exact) mass is 625 g/mol. The van der Waals surface area contributed by atoms with Gasteiger partial charge in [-0.1, -0.05) is 55.5 Å². The zero-order valence-corrected chi connectivity index (χ0v) is 25.7. The predicted molar refractivity (Wildman–Crippen MR) is 160 cm³/mol. The molecule has 1 aliphatic heterocycles. The Kier molecular flexibility index (Phi) is 10.7. The number of nitrogens with zero attached hydrogens (tertiary/aromatic N) is 2. The van der Waals surface area contributed by atoms with Crippen LogP contribution in [0.4, 0.5) is 5.69 Å². The molecular weight excluding hydrogens is 589 g/mol. The lowest BCUT2D eigenvalue weighted by atomic mass is 9.95. The van der Waals surface area contributed by atoms with E-state index in [2.05, 4.69) is 5.32 Å². The number of sulfonamides is 1. The molecule has 0 spiro atoms. The number of carbonyl (C=O) groups is 2. The highest BCUT2D eigenvalue weighted by Gasteiger charge is 2.34. The van der Waals surface area contributed by atoms with E-state index >= 15 is 0 Å². The van der Waals surface area contributed by atoms with Gasteiger partial charge in [0.05, 0.1) is 21.5 Å². The number of fused-ring (bicyclic) bond motifs is 1. The number of rotatable bonds is 11. The molecule has 1 heterocycles. The van der Waals surface area contributed by atoms with Crippen LogP contribution >= 0.6 is 23.2 Å². The second-order valence-corrected chi connectivity index (χ2v) is 13.3. The molecule has 1 saturated carbocycles. The summed E-state index contributed by atoms with van der Waals surface area (Å²) < 4.78 is 38.8. The Morgan fingerprint density at radius 1 is 0.976 bits per heavy atom. The largest absolute Gasteiger partial charge is 0.486 e. The van der Waals surface area contributed by atoms with Crippen molar-refractivity contribution in [1.29, 1.82) is 0 Å². The van der Waals surface area contributed by atoms with Crippen LogP contribution in [0.5, 0.6) is 11.5 Å². The molecule has 4 rings (SSSR count). The second-order valence-electron chi connectivity index (χ2n) is 10.3. The topological polar surface area (TPSA) is 105 Å². The lowest BCUT2D eigenvalue weighted by Crippen LogP contribution is -2.54. The first kappa shape index (κ1) is 31.3. The van der Waals surface area contributed by atoms with Crippen LogP contribution in [0.1, 0.15) is 57.9 Å². The van der Waals surface area contributed by atoms with Crippen LogP contribution in [0, 0.1) is 0 Å². The van der Waals surface area contributed by atoms with Crippen LogP contribution in [-0.2, 0) is 26.2 Å². The van der Waals surface area contributed by atoms with Gasteiger partial charge in [0.1, 0.15) is 25.8 Å². The lowest BCUT2D eigenvalue weighted by Gasteiger charge is -2.34. The number of halogens is 2. The van der Waals surface area contributed by atoms with Crippen LogP contribution < -0.4 is 19.1 Å². The summed E-state index contributed by atoms with van der Waals surface area (Å²) in [5, 5.41) is 3.82. The fourth-order valence-corrected chi connectivity index (χ4v) is 6.58. The second kappa shape index (κ2) is 14.0. The van der Waals surface area contributed by atoms with Gasteiger partial charge in [0.25, 0.3) is 0 Å². The molecule has 1 unspecified atom stereocenters. The van der Waals surface area contributed by atoms with E-state index in [9.17, 15) is 18.0 Å². The van der Waals surface area contributed by atoms with Crippen molar-refractivity contribution in [2.45, 2.75) is 71.0 Å². The highest BCUT2D eigenvalue weighted by Crippen LogP contribution is 2.35. The van der Waals surface area contributed by atoms with Crippen molar-refractivity contribution >= 4 is 50.7 Å². The fourth-order valence-electron chi connectivity index (χ4n) is 5.21. The summed E-state index contributed by atoms with van der Waals surface area (Å²) in [6.07, 6.45) is 5.38. The van der Waals surface area contributed by atoms with Gasteiger partial charge in [0.2, 0.25) is 21.8 Å². The predicted octanol–water partition coefficient (Wildman–Crippen LogP) is 5.18. The van der Waals surface area contributed by atoms with E-state index in [1.807, 2.05) is 6.92 Å². The zero-order chi connectivity index (χ0) is 29.6. The maximum Gasteiger partial charge on any atom is 0.244 e. The van der Waals surface area contributed by atoms with Gasteiger partial charge in [-0.2, -0.15) is 0 Å². The first-order chi connectivity index (χ1) is 19.6. The van der Waals surface area contributed by atoms with Gasteiger partial charge in [0.15, 0.2) is 11.5 Å². The van der Waals surface area contributed by atoms with Crippen molar-refractivity contribution in [3.8, 4) is 11.5 Å². The van der Waals surface area contributed by atoms with E-state index in [0.29, 0.717) is 46.7 Å². The number of benzene rings is 2. The van der Waals surface area contributed by atoms with E-state index in [4.69, 9.17) is 32.7 Å². The number of ether oxygens (including phenoxy) is 2. The zero-order valence-electron chi connectivity index (χ0n) is 23.4. The Morgan fingerprint density at radius 2 is 1.68 bits per heavy atom. The van der Waals surface area contributed by atoms with Gasteiger partial charge in [-0.15, -0.1) is 0 Å². The molecule has 1 atom stereocenters. The Morgan fingerprint density at radius 3 is 2.34 bits per heavy atom. The van der Waals surface area contributed by atoms with Gasteiger partial charge >= 0.3 is 0 Å². The molecule has 2 aromatic carbocycles. The standard InChI is InChI=1S/C29H37Cl2N3O6S/c1-3-25(29(36)32-21-8-6-5-7-9-21)33(18-20-10-12-23(30)24(31)16-20)28(35)19-34(41(37,38)4-2)22-11-13-26-27(17-22)40-15-14-39-26/h10-13,16-17,21,25H,3-9,14-15,18-19H2,1-2H3,(H,32,36). The van der Waals surface area contributed by atoms with Crippen LogP contribution in [0.2, 0.25) is 10.0 Å². The third-order valence-corrected chi connectivity index (χ3v) is 9.95. The number of anilines is 1. The molecule has 9 nitrogen and oxygen atoms in total. The van der Waals surface area contributed by atoms with Crippen molar-refractivity contribution in [1.82, 2.24) is 10.2 Å². The van der Waals surface area contributed by atoms with Crippen molar-refractivity contribution in [3.63, 3.8) is 0 Å². The average Bonchev–Trinajstić information content (AvgIpc) is 2.97. The first-order valence-electron chi connectivity index (χ1n) is 14.1. The van der Waals surface area contributed by atoms with Crippen molar-refractivity contribution in [2.75, 3.05) is 29.8 Å². The molecule has 0 bridgehead atoms. The molecule has 0 saturated heterocycles. The third kappa shape index (κ3) is 7.78. The minimum Gasteiger partial charge on any atom is -0.486 e. The molecule has 224 valence electrons. The summed E-state index contributed by atoms with van der Waals surface area (Å²) in [6.45, 7) is 3.64. The molecule has 0 aromatic heterocycles. The van der Waals surface area contributed by atoms with E-state index in [1.54, 1.807) is 36.4 Å². The van der Waals surface area contributed by atoms with Gasteiger partial charge in [0, 0.05) is 18.7 Å². The molecule has 1 N–H and O–H groups in total. The van der Waals surface area contributed by atoms with Crippen molar-refractivity contribution in [3.05, 3.63) is 52.0 Å². The Bertz CT molecular complexity index is 1350. The number of amides is 2. The van der Waals surface area contributed by atoms with Gasteiger partial charge in [-0.25, -0.2) is 8.42 Å². The summed E-state index contributed by atoms with van der Waals surface area (Å²) in [6, 6.07) is 9.04. The average molecular weight is 627 g/mol. The van der Waals surface area contributed by atoms with Crippen LogP contribution in [-0.4, -0.2) is 62.7 Å². The Labute approximate surface area is 252 Å². The van der Waals surface area contributed by atoms with E-state index in [-0.39, 0.29) is 29.9 Å². The lowest BCUT2D eigenvalue weighted by molar-refractivity contribution is -0.140. The summed E-state index contributed by atoms with van der Waals surface area (Å²) in [7, 11) is -3.88. The number of carbonyl (C=O) groups excluding carboxylic acids is 2. The van der Waals surface area contributed by atoms with E-state index in [1.165, 1.54) is 11.8 Å². The third-order valence-electron chi connectivity index (χ3n) is 7.47. The van der Waals surface area contributed by atoms with Crippen molar-refractivity contribution in [2.24, 2.45) is 0 Å². The minimum atomic E-state index is -3.88. The SMILES string of the molecule is CCC(C(=O)NC1CCCCC1)N(Cc1ccc(Cl)c(Cl)c1)C(=O)CN(c1ccc2c(c1)OCCO2)S(=O)(=O)CC. The Balaban J connectivity index is 1.66. The number of hydrogen-bond acceptors (Lipinski definition) is 6. The normalized spacial score (nSPS) is 16.1. The summed E-state index contributed by atoms with van der Waals surface area (Å²) in [5.41, 5.74) is 0.944. The van der Waals surface area contributed by atoms with E-state index in [0.717, 1.165) is 36.4 Å². The van der Waals surface area contributed by atoms with Gasteiger partial charge in [-0.3, -0.25) is 13.9 Å². The van der Waals surface area contributed by atoms with Gasteiger partial charge in [-0.05, 0) is 56.0 Å². The first-order valence-corrected chi connectivity index (χ1v) is 16.4. The fraction of sp³-hybridized carbons (Fsp3) is 0.517. The molecule has 0 radical (unpaired) electrons. The van der Waals surface area contributed by atoms with Crippen LogP contribution in [0.3, 0.4) is 0 Å². The number of nitrogens with one attached hydrogen (secondary N) is 1. The molecular formula is C29H37Cl2N3O6S. The quantitative estimate of drug-likeness (QED) is 0.369. The van der Waals surface area contributed by atoms with E-state index < -0.39 is 28.5 Å². The van der Waals surface area contributed by atoms with Crippen LogP contribution in [0.15, 0.2) is 36.4 Å². The molecule has 12 heteroatoms. The highest BCUT2D eigenvalue weighted by molar-refractivity contribution is 7.92. The smallest absolute Gasteiger partial charge is 0.244 e. The highest BCUT2D eigenvalue weighted by atomic mass is 35.5. The van der Waals surface area contributed by atoms with Crippen LogP contribution in [0.25, 0.3) is 0 Å². The van der Waals surface area contributed by atoms with Gasteiger partial charge < -0.3 is 19.7 Å². The molecule has 1 aliphatic carbocycles. The van der Waals surface area contributed by atoms with Crippen molar-refractivity contribution < 1.29 is 27.5 Å². The number of hydrogen-bond donors (Lipinski definition) is 1. The molecule has 2 aromatic rings. The summed E-state index contributed by atoms with van der Waals surface area (Å²) in [5.74, 6) is -0.0816. The maximum absolute atomic E-state index is 14.1. The summed E-state index contributed by atoms with van der Waals surface area (Å²) >= 11 is 12.4.